The summed E-state index contributed by atoms with van der Waals surface area (Å²) in [7, 11) is -2.96. The van der Waals surface area contributed by atoms with Gasteiger partial charge >= 0.3 is 0 Å². The first-order chi connectivity index (χ1) is 15.8. The number of amides is 1. The number of rotatable bonds is 5. The lowest BCUT2D eigenvalue weighted by Gasteiger charge is -2.57. The highest BCUT2D eigenvalue weighted by Crippen LogP contribution is 2.61. The molecule has 178 valence electrons. The van der Waals surface area contributed by atoms with Crippen LogP contribution >= 0.6 is 11.8 Å². The molecule has 1 aromatic rings. The number of amidine groups is 1. The van der Waals surface area contributed by atoms with Gasteiger partial charge in [-0.1, -0.05) is 17.8 Å². The second-order valence-electron chi connectivity index (χ2n) is 11.3. The summed E-state index contributed by atoms with van der Waals surface area (Å²) in [4.78, 5) is 17.5. The predicted octanol–water partition coefficient (Wildman–Crippen LogP) is 4.01. The van der Waals surface area contributed by atoms with Gasteiger partial charge in [0.15, 0.2) is 15.0 Å². The van der Waals surface area contributed by atoms with Crippen LogP contribution < -0.4 is 10.6 Å². The van der Waals surface area contributed by atoms with Gasteiger partial charge in [0.05, 0.1) is 17.5 Å². The van der Waals surface area contributed by atoms with E-state index in [9.17, 15) is 13.2 Å². The maximum Gasteiger partial charge on any atom is 0.251 e. The number of fused-ring (bicyclic) bond motifs is 1. The van der Waals surface area contributed by atoms with Gasteiger partial charge in [0.2, 0.25) is 0 Å². The van der Waals surface area contributed by atoms with Gasteiger partial charge < -0.3 is 10.6 Å². The second-order valence-corrected chi connectivity index (χ2v) is 14.7. The maximum absolute atomic E-state index is 12.9. The monoisotopic (exact) mass is 487 g/mol. The van der Waals surface area contributed by atoms with E-state index in [1.165, 1.54) is 50.3 Å². The van der Waals surface area contributed by atoms with Crippen LogP contribution in [0.3, 0.4) is 0 Å². The van der Waals surface area contributed by atoms with E-state index in [0.717, 1.165) is 47.1 Å². The Hall–Kier alpha value is -1.54. The van der Waals surface area contributed by atoms with Gasteiger partial charge in [-0.25, -0.2) is 8.42 Å². The van der Waals surface area contributed by atoms with E-state index in [1.807, 2.05) is 25.1 Å². The molecule has 0 spiro atoms. The Morgan fingerprint density at radius 3 is 2.48 bits per heavy atom. The van der Waals surface area contributed by atoms with Crippen LogP contribution in [0.15, 0.2) is 23.2 Å². The lowest BCUT2D eigenvalue weighted by molar-refractivity contribution is -0.0564. The maximum atomic E-state index is 12.9. The molecule has 7 rings (SSSR count). The molecular weight excluding hydrogens is 454 g/mol. The van der Waals surface area contributed by atoms with Crippen molar-refractivity contribution in [1.82, 2.24) is 5.32 Å². The number of benzene rings is 1. The third-order valence-corrected chi connectivity index (χ3v) is 11.8. The average molecular weight is 488 g/mol. The van der Waals surface area contributed by atoms with Crippen LogP contribution in [-0.2, 0) is 9.84 Å². The van der Waals surface area contributed by atoms with E-state index in [4.69, 9.17) is 0 Å². The first kappa shape index (κ1) is 22.0. The Bertz CT molecular complexity index is 1080. The van der Waals surface area contributed by atoms with E-state index >= 15 is 0 Å². The van der Waals surface area contributed by atoms with Crippen LogP contribution in [-0.4, -0.2) is 48.8 Å². The van der Waals surface area contributed by atoms with E-state index in [-0.39, 0.29) is 28.7 Å². The number of hydrogen-bond donors (Lipinski definition) is 2. The van der Waals surface area contributed by atoms with Gasteiger partial charge in [0.1, 0.15) is 0 Å². The molecule has 33 heavy (non-hydrogen) atoms. The normalized spacial score (nSPS) is 37.6. The topological polar surface area (TPSA) is 87.6 Å². The summed E-state index contributed by atoms with van der Waals surface area (Å²) in [6.45, 7) is 2.75. The predicted molar refractivity (Wildman–Crippen MR) is 134 cm³/mol. The van der Waals surface area contributed by atoms with Crippen LogP contribution in [0.25, 0.3) is 0 Å². The zero-order valence-electron chi connectivity index (χ0n) is 19.2. The van der Waals surface area contributed by atoms with Crippen molar-refractivity contribution in [3.8, 4) is 0 Å². The molecule has 2 atom stereocenters. The van der Waals surface area contributed by atoms with Crippen LogP contribution in [0, 0.1) is 30.1 Å². The number of anilines is 1. The zero-order valence-corrected chi connectivity index (χ0v) is 20.8. The highest BCUT2D eigenvalue weighted by Gasteiger charge is 2.50. The minimum absolute atomic E-state index is 0.00821. The fourth-order valence-corrected chi connectivity index (χ4v) is 11.2. The molecule has 8 heteroatoms. The molecule has 0 radical (unpaired) electrons. The van der Waals surface area contributed by atoms with Crippen molar-refractivity contribution < 1.29 is 13.2 Å². The Labute approximate surface area is 200 Å². The lowest BCUT2D eigenvalue weighted by atomic mass is 9.49. The van der Waals surface area contributed by atoms with Crippen molar-refractivity contribution in [2.75, 3.05) is 23.4 Å². The van der Waals surface area contributed by atoms with Crippen molar-refractivity contribution in [3.63, 3.8) is 0 Å². The summed E-state index contributed by atoms with van der Waals surface area (Å²) in [6, 6.07) is 5.58. The summed E-state index contributed by atoms with van der Waals surface area (Å²) in [6.07, 6.45) is 9.57. The minimum atomic E-state index is -2.96. The van der Waals surface area contributed by atoms with Crippen molar-refractivity contribution in [3.05, 3.63) is 29.3 Å². The first-order valence-electron chi connectivity index (χ1n) is 12.4. The molecule has 2 N–H and O–H groups in total. The average Bonchev–Trinajstić information content (AvgIpc) is 3.21. The molecule has 1 saturated heterocycles. The van der Waals surface area contributed by atoms with Gasteiger partial charge in [-0.05, 0) is 92.7 Å². The van der Waals surface area contributed by atoms with Gasteiger partial charge in [0, 0.05) is 23.0 Å². The van der Waals surface area contributed by atoms with E-state index < -0.39 is 9.84 Å². The van der Waals surface area contributed by atoms with Gasteiger partial charge in [0.25, 0.3) is 5.91 Å². The largest absolute Gasteiger partial charge is 0.352 e. The molecule has 0 unspecified atom stereocenters. The van der Waals surface area contributed by atoms with Crippen molar-refractivity contribution in [2.45, 2.75) is 63.2 Å². The number of hydrogen-bond acceptors (Lipinski definition) is 6. The quantitative estimate of drug-likeness (QED) is 0.655. The Balaban J connectivity index is 1.07. The molecule has 5 fully saturated rings. The molecule has 2 aliphatic heterocycles. The molecule has 4 bridgehead atoms. The summed E-state index contributed by atoms with van der Waals surface area (Å²) < 4.78 is 23.6. The molecule has 6 nitrogen and oxygen atoms in total. The third kappa shape index (κ3) is 4.33. The molecule has 0 aromatic heterocycles. The number of carbonyl (C=O) groups excluding carboxylic acids is 1. The fraction of sp³-hybridized carbons (Fsp3) is 0.680. The number of nitrogens with zero attached hydrogens (tertiary/aromatic N) is 1. The molecule has 2 heterocycles. The van der Waals surface area contributed by atoms with Crippen LogP contribution in [0.5, 0.6) is 0 Å². The highest BCUT2D eigenvalue weighted by atomic mass is 32.2. The molecule has 4 aliphatic carbocycles. The molecule has 4 saturated carbocycles. The van der Waals surface area contributed by atoms with Crippen molar-refractivity contribution in [1.29, 1.82) is 0 Å². The highest BCUT2D eigenvalue weighted by molar-refractivity contribution is 8.15. The minimum Gasteiger partial charge on any atom is -0.352 e. The van der Waals surface area contributed by atoms with E-state index in [0.29, 0.717) is 11.0 Å². The molecular formula is C25H33N3O3S2. The SMILES string of the molecule is Cc1ccc(C(=O)NCCC23CC4CC(CC(C4)C2)C3)cc1NC1=N[C@@H]2CS(=O)(=O)C[C@H]2S1. The van der Waals surface area contributed by atoms with Gasteiger partial charge in [-0.15, -0.1) is 0 Å². The number of carbonyl (C=O) groups is 1. The van der Waals surface area contributed by atoms with Crippen LogP contribution in [0.1, 0.15) is 60.9 Å². The third-order valence-electron chi connectivity index (χ3n) is 8.67. The summed E-state index contributed by atoms with van der Waals surface area (Å²) in [5, 5.41) is 7.29. The van der Waals surface area contributed by atoms with Crippen molar-refractivity contribution in [2.24, 2.45) is 28.2 Å². The molecule has 1 aromatic carbocycles. The van der Waals surface area contributed by atoms with Crippen LogP contribution in [0.2, 0.25) is 0 Å². The first-order valence-corrected chi connectivity index (χ1v) is 15.1. The number of sulfone groups is 1. The summed E-state index contributed by atoms with van der Waals surface area (Å²) >= 11 is 1.50. The van der Waals surface area contributed by atoms with E-state index in [1.54, 1.807) is 0 Å². The Morgan fingerprint density at radius 2 is 1.82 bits per heavy atom. The van der Waals surface area contributed by atoms with Gasteiger partial charge in [-0.3, -0.25) is 9.79 Å². The number of aliphatic imine (C=N–C) groups is 1. The zero-order chi connectivity index (χ0) is 22.8. The molecule has 1 amide bonds. The Morgan fingerprint density at radius 1 is 1.12 bits per heavy atom. The Kier molecular flexibility index (Phi) is 5.33. The molecule has 6 aliphatic rings. The van der Waals surface area contributed by atoms with Gasteiger partial charge in [-0.2, -0.15) is 0 Å². The summed E-state index contributed by atoms with van der Waals surface area (Å²) in [5.74, 6) is 3.13. The second kappa shape index (κ2) is 8.01. The van der Waals surface area contributed by atoms with E-state index in [2.05, 4.69) is 15.6 Å². The number of nitrogens with one attached hydrogen (secondary N) is 2. The van der Waals surface area contributed by atoms with Crippen LogP contribution in [0.4, 0.5) is 5.69 Å². The number of thioether (sulfide) groups is 1. The smallest absolute Gasteiger partial charge is 0.251 e. The van der Waals surface area contributed by atoms with Crippen molar-refractivity contribution >= 4 is 38.4 Å². The lowest BCUT2D eigenvalue weighted by Crippen LogP contribution is -2.47. The fourth-order valence-electron chi connectivity index (χ4n) is 7.57. The number of aryl methyl sites for hydroxylation is 1. The standard InChI is InChI=1S/C25H33N3O3S2/c1-15-2-3-19(9-20(15)27-24-28-21-13-33(30,31)14-22(21)32-24)23(29)26-5-4-25-10-16-6-17(11-25)8-18(7-16)12-25/h2-3,9,16-18,21-22H,4-8,10-14H2,1H3,(H,26,29)(H,27,28)/t16?,17?,18?,21-,22-,25?/m1/s1. The summed E-state index contributed by atoms with van der Waals surface area (Å²) in [5.41, 5.74) is 3.02.